The maximum absolute atomic E-state index is 14.1. The zero-order valence-corrected chi connectivity index (χ0v) is 49.2. The van der Waals surface area contributed by atoms with Gasteiger partial charge in [-0.05, 0) is 112 Å². The molecule has 0 saturated heterocycles. The molecular weight excluding hydrogens is 1050 g/mol. The van der Waals surface area contributed by atoms with E-state index in [1.807, 2.05) is 60.7 Å². The fourth-order valence-corrected chi connectivity index (χ4v) is 8.61. The largest absolute Gasteiger partial charge is 2.00 e. The van der Waals surface area contributed by atoms with E-state index in [1.165, 1.54) is 9.59 Å². The number of aromatic nitrogens is 6. The number of nitrogens with zero attached hydrogens (tertiary/aromatic N) is 6. The average Bonchev–Trinajstić information content (AvgIpc) is 3.93. The number of aliphatic hydroxyl groups excluding tert-OH is 4. The van der Waals surface area contributed by atoms with Gasteiger partial charge in [0, 0.05) is 66.6 Å². The first kappa shape index (κ1) is 74.2. The van der Waals surface area contributed by atoms with E-state index in [9.17, 15) is 10.2 Å². The Kier molecular flexibility index (Phi) is 33.5. The molecule has 0 unspecified atom stereocenters. The second-order valence-corrected chi connectivity index (χ2v) is 21.5. The summed E-state index contributed by atoms with van der Waals surface area (Å²) < 4.78 is 0. The van der Waals surface area contributed by atoms with E-state index in [1.54, 1.807) is 0 Å². The summed E-state index contributed by atoms with van der Waals surface area (Å²) in [5.74, 6) is -2.33. The van der Waals surface area contributed by atoms with Crippen LogP contribution in [0.15, 0.2) is 72.8 Å². The molecule has 2 heterocycles. The van der Waals surface area contributed by atoms with Gasteiger partial charge in [-0.2, -0.15) is 9.59 Å². The van der Waals surface area contributed by atoms with Crippen molar-refractivity contribution in [3.8, 4) is 22.9 Å². The molecule has 0 aliphatic carbocycles. The third kappa shape index (κ3) is 25.1. The van der Waals surface area contributed by atoms with E-state index in [-0.39, 0.29) is 71.6 Å². The molecule has 0 amide bonds. The molecule has 6 rings (SSSR count). The summed E-state index contributed by atoms with van der Waals surface area (Å²) >= 11 is 0. The van der Waals surface area contributed by atoms with Crippen LogP contribution in [0.1, 0.15) is 132 Å². The van der Waals surface area contributed by atoms with E-state index in [4.69, 9.17) is 40.2 Å². The molecule has 0 aliphatic rings. The molecule has 6 aromatic rings. The molecule has 424 valence electrons. The molecule has 0 saturated carbocycles. The predicted molar refractivity (Wildman–Crippen MR) is 282 cm³/mol. The van der Waals surface area contributed by atoms with E-state index in [2.05, 4.69) is 126 Å². The molecule has 0 radical (unpaired) electrons. The minimum absolute atomic E-state index is 0. The van der Waals surface area contributed by atoms with E-state index < -0.39 is 11.9 Å². The van der Waals surface area contributed by atoms with E-state index in [0.717, 1.165) is 88.3 Å². The van der Waals surface area contributed by atoms with Gasteiger partial charge in [0.05, 0.1) is 11.4 Å². The third-order valence-electron chi connectivity index (χ3n) is 10.6. The Morgan fingerprint density at radius 3 is 0.960 bits per heavy atom. The topological polar surface area (TPSA) is 293 Å². The summed E-state index contributed by atoms with van der Waals surface area (Å²) in [6, 6.07) is 23.4. The number of nitrogens with one attached hydrogen (secondary N) is 2. The molecule has 0 aliphatic heterocycles. The SMILES string of the molecule is CC(=O)[O-].CC(=O)[O-].CC(C)(C)CC(C)(C)c1cc(CNCC(C)(C)CNCc2cc(C(C)(C)CC(C)(C)C)cc(-n3nc4ccccc4n3)c2[O-])c([O-])c(-n2nc3ccccc3n2)c1.CO.CO.CO.CO.[Ni+2].[Ni+2]. The van der Waals surface area contributed by atoms with Crippen molar-refractivity contribution in [2.24, 2.45) is 16.2 Å². The number of hydrogen-bond donors (Lipinski definition) is 6. The Morgan fingerprint density at radius 1 is 0.493 bits per heavy atom. The summed E-state index contributed by atoms with van der Waals surface area (Å²) in [4.78, 5) is 20.8. The van der Waals surface area contributed by atoms with Crippen LogP contribution >= 0.6 is 0 Å². The van der Waals surface area contributed by atoms with Gasteiger partial charge in [0.2, 0.25) is 0 Å². The van der Waals surface area contributed by atoms with Crippen molar-refractivity contribution >= 4 is 34.0 Å². The fraction of sp³-hybridized carbons (Fsp3) is 0.527. The first-order valence-corrected chi connectivity index (χ1v) is 23.9. The number of carbonyl (C=O) groups is 2. The molecule has 0 bridgehead atoms. The number of aliphatic carboxylic acids is 2. The minimum Gasteiger partial charge on any atom is -0.871 e. The summed E-state index contributed by atoms with van der Waals surface area (Å²) in [6.45, 7) is 30.9. The van der Waals surface area contributed by atoms with Crippen LogP contribution in [0.4, 0.5) is 0 Å². The average molecular weight is 1130 g/mol. The van der Waals surface area contributed by atoms with Crippen molar-refractivity contribution in [2.45, 2.75) is 134 Å². The predicted octanol–water partition coefficient (Wildman–Crippen LogP) is 4.58. The Balaban J connectivity index is -0.00000258. The molecule has 2 aromatic heterocycles. The molecule has 0 fully saturated rings. The van der Waals surface area contributed by atoms with Gasteiger partial charge in [0.15, 0.2) is 0 Å². The van der Waals surface area contributed by atoms with Crippen LogP contribution in [0, 0.1) is 16.2 Å². The Bertz CT molecular complexity index is 2350. The van der Waals surface area contributed by atoms with Crippen molar-refractivity contribution in [1.82, 2.24) is 40.6 Å². The summed E-state index contributed by atoms with van der Waals surface area (Å²) in [6.07, 6.45) is 1.88. The molecule has 18 nitrogen and oxygen atoms in total. The zero-order chi connectivity index (χ0) is 56.7. The number of carboxylic acid groups (broad SMARTS) is 2. The van der Waals surface area contributed by atoms with Crippen molar-refractivity contribution in [1.29, 1.82) is 0 Å². The number of benzene rings is 4. The van der Waals surface area contributed by atoms with Gasteiger partial charge in [-0.25, -0.2) is 0 Å². The number of aliphatic hydroxyl groups is 4. The second-order valence-electron chi connectivity index (χ2n) is 21.5. The summed E-state index contributed by atoms with van der Waals surface area (Å²) in [7, 11) is 4.00. The quantitative estimate of drug-likeness (QED) is 0.0814. The van der Waals surface area contributed by atoms with Gasteiger partial charge in [0.1, 0.15) is 22.1 Å². The molecule has 0 spiro atoms. The first-order valence-electron chi connectivity index (χ1n) is 23.9. The van der Waals surface area contributed by atoms with Crippen molar-refractivity contribution in [3.05, 3.63) is 95.1 Å². The standard InChI is InChI=1S/C47H64N8O2.2C2H4O2.4CH4O.2Ni/c1-43(2,3)27-46(9,10)33-21-31(41(56)39(23-33)54-50-35-17-13-14-18-36(35)51-54)25-48-29-45(7,8)30-49-26-32-22-34(47(11,12)28-44(4,5)6)24-40(42(32)57)55-52-37-19-15-16-20-38(37)53-55;2*1-2(3)4;4*1-2;;/h13-24,48-49,56-57H,25-30H2,1-12H3;2*1H3,(H,3,4);4*2H,1H3;;/q;;;;;;;2*+2/p-4. The van der Waals surface area contributed by atoms with Crippen LogP contribution in [-0.4, -0.2) is 104 Å². The smallest absolute Gasteiger partial charge is 0.871 e. The fourth-order valence-electron chi connectivity index (χ4n) is 8.61. The van der Waals surface area contributed by atoms with Crippen LogP contribution in [0.2, 0.25) is 0 Å². The van der Waals surface area contributed by atoms with Gasteiger partial charge in [-0.3, -0.25) is 0 Å². The summed E-state index contributed by atoms with van der Waals surface area (Å²) in [5, 5.41) is 99.9. The Labute approximate surface area is 465 Å². The van der Waals surface area contributed by atoms with Crippen LogP contribution in [0.3, 0.4) is 0 Å². The maximum atomic E-state index is 14.1. The minimum atomic E-state index is -1.08. The van der Waals surface area contributed by atoms with Gasteiger partial charge in [-0.1, -0.05) is 131 Å². The molecule has 6 N–H and O–H groups in total. The van der Waals surface area contributed by atoms with Crippen LogP contribution < -0.4 is 31.1 Å². The Morgan fingerprint density at radius 2 is 0.733 bits per heavy atom. The van der Waals surface area contributed by atoms with Gasteiger partial charge in [-0.15, -0.1) is 20.4 Å². The van der Waals surface area contributed by atoms with Crippen LogP contribution in [-0.2, 0) is 66.5 Å². The molecular formula is C55H84N8Ni2O10. The van der Waals surface area contributed by atoms with E-state index in [0.29, 0.717) is 48.7 Å². The van der Waals surface area contributed by atoms with Crippen LogP contribution in [0.5, 0.6) is 11.5 Å². The number of fused-ring (bicyclic) bond motifs is 2. The van der Waals surface area contributed by atoms with Crippen molar-refractivity contribution in [3.63, 3.8) is 0 Å². The first-order chi connectivity index (χ1) is 34.0. The number of hydrogen-bond acceptors (Lipinski definition) is 16. The van der Waals surface area contributed by atoms with Crippen LogP contribution in [0.25, 0.3) is 33.4 Å². The number of carboxylic acids is 2. The zero-order valence-electron chi connectivity index (χ0n) is 47.2. The number of carbonyl (C=O) groups excluding carboxylic acids is 2. The van der Waals surface area contributed by atoms with Crippen molar-refractivity contribution in [2.75, 3.05) is 41.5 Å². The van der Waals surface area contributed by atoms with Gasteiger partial charge in [0.25, 0.3) is 0 Å². The molecule has 4 aromatic carbocycles. The molecule has 0 atom stereocenters. The summed E-state index contributed by atoms with van der Waals surface area (Å²) in [5.41, 5.74) is 7.07. The van der Waals surface area contributed by atoms with Gasteiger partial charge < -0.3 is 61.1 Å². The Hall–Kier alpha value is -5.03. The monoisotopic (exact) mass is 1130 g/mol. The normalized spacial score (nSPS) is 11.1. The third-order valence-corrected chi connectivity index (χ3v) is 10.6. The molecule has 75 heavy (non-hydrogen) atoms. The molecule has 20 heteroatoms. The van der Waals surface area contributed by atoms with E-state index >= 15 is 0 Å². The van der Waals surface area contributed by atoms with Crippen molar-refractivity contribution < 1.29 is 83.4 Å². The van der Waals surface area contributed by atoms with Gasteiger partial charge >= 0.3 is 33.0 Å². The maximum Gasteiger partial charge on any atom is 2.00 e. The number of rotatable bonds is 14. The second kappa shape index (κ2) is 33.9.